The Bertz CT molecular complexity index is 1120. The summed E-state index contributed by atoms with van der Waals surface area (Å²) in [7, 11) is 0. The lowest BCUT2D eigenvalue weighted by Gasteiger charge is -2.14. The van der Waals surface area contributed by atoms with Gasteiger partial charge in [-0.2, -0.15) is 5.10 Å². The van der Waals surface area contributed by atoms with E-state index >= 15 is 0 Å². The van der Waals surface area contributed by atoms with Gasteiger partial charge in [-0.1, -0.05) is 23.9 Å². The number of carboxylic acid groups (broad SMARTS) is 1. The number of nitro benzene ring substituents is 1. The van der Waals surface area contributed by atoms with Crippen molar-refractivity contribution in [3.05, 3.63) is 69.8 Å². The Morgan fingerprint density at radius 3 is 2.55 bits per heavy atom. The van der Waals surface area contributed by atoms with Crippen LogP contribution in [0.3, 0.4) is 0 Å². The first kappa shape index (κ1) is 21.6. The molecule has 3 rings (SSSR count). The van der Waals surface area contributed by atoms with Gasteiger partial charge in [-0.25, -0.2) is 9.69 Å². The molecule has 1 atom stereocenters. The maximum absolute atomic E-state index is 12.6. The van der Waals surface area contributed by atoms with Crippen LogP contribution in [0.4, 0.5) is 11.4 Å². The third kappa shape index (κ3) is 4.93. The highest BCUT2D eigenvalue weighted by molar-refractivity contribution is 8.14. The molecule has 0 unspecified atom stereocenters. The van der Waals surface area contributed by atoms with E-state index in [0.717, 1.165) is 16.7 Å². The van der Waals surface area contributed by atoms with E-state index in [-0.39, 0.29) is 34.1 Å². The maximum Gasteiger partial charge on any atom is 0.335 e. The van der Waals surface area contributed by atoms with Crippen molar-refractivity contribution in [1.82, 2.24) is 0 Å². The molecule has 3 N–H and O–H groups in total. The molecule has 2 aromatic carbocycles. The molecule has 2 aromatic rings. The fourth-order valence-corrected chi connectivity index (χ4v) is 3.62. The van der Waals surface area contributed by atoms with Gasteiger partial charge in [0.1, 0.15) is 5.25 Å². The molecule has 0 radical (unpaired) electrons. The summed E-state index contributed by atoms with van der Waals surface area (Å²) >= 11 is 0.845. The molecule has 0 aromatic heterocycles. The molecule has 11 nitrogen and oxygen atoms in total. The van der Waals surface area contributed by atoms with E-state index in [4.69, 9.17) is 10.8 Å². The van der Waals surface area contributed by atoms with Gasteiger partial charge in [-0.3, -0.25) is 19.7 Å². The van der Waals surface area contributed by atoms with Crippen molar-refractivity contribution in [2.24, 2.45) is 15.9 Å². The summed E-state index contributed by atoms with van der Waals surface area (Å²) in [5.74, 6) is -2.09. The minimum atomic E-state index is -1.12. The summed E-state index contributed by atoms with van der Waals surface area (Å²) in [5.41, 5.74) is 6.15. The zero-order valence-corrected chi connectivity index (χ0v) is 16.6. The Labute approximate surface area is 179 Å². The summed E-state index contributed by atoms with van der Waals surface area (Å²) < 4.78 is 0. The third-order valence-electron chi connectivity index (χ3n) is 4.23. The molecule has 2 amide bonds. The molecule has 1 aliphatic rings. The Kier molecular flexibility index (Phi) is 6.40. The fourth-order valence-electron chi connectivity index (χ4n) is 2.80. The molecular weight excluding hydrogens is 426 g/mol. The third-order valence-corrected chi connectivity index (χ3v) is 5.20. The lowest BCUT2D eigenvalue weighted by Crippen LogP contribution is -2.31. The number of anilines is 1. The zero-order valence-electron chi connectivity index (χ0n) is 15.7. The van der Waals surface area contributed by atoms with Crippen molar-refractivity contribution in [1.29, 1.82) is 0 Å². The average Bonchev–Trinajstić information content (AvgIpc) is 3.01. The number of imide groups is 1. The van der Waals surface area contributed by atoms with Crippen LogP contribution in [0.1, 0.15) is 22.3 Å². The van der Waals surface area contributed by atoms with Gasteiger partial charge in [-0.05, 0) is 30.3 Å². The molecule has 12 heteroatoms. The highest BCUT2D eigenvalue weighted by Crippen LogP contribution is 2.30. The van der Waals surface area contributed by atoms with E-state index in [1.807, 2.05) is 0 Å². The van der Waals surface area contributed by atoms with Crippen molar-refractivity contribution < 1.29 is 24.4 Å². The molecule has 1 heterocycles. The highest BCUT2D eigenvalue weighted by Gasteiger charge is 2.40. The predicted molar refractivity (Wildman–Crippen MR) is 114 cm³/mol. The Morgan fingerprint density at radius 1 is 1.23 bits per heavy atom. The van der Waals surface area contributed by atoms with Gasteiger partial charge >= 0.3 is 5.97 Å². The second-order valence-electron chi connectivity index (χ2n) is 6.23. The molecular formula is C19H15N5O6S. The number of nitrogens with two attached hydrogens (primary N) is 1. The Balaban J connectivity index is 1.69. The summed E-state index contributed by atoms with van der Waals surface area (Å²) in [6, 6.07) is 11.3. The Hall–Kier alpha value is -4.06. The van der Waals surface area contributed by atoms with E-state index in [2.05, 4.69) is 10.2 Å². The van der Waals surface area contributed by atoms with Gasteiger partial charge < -0.3 is 10.8 Å². The van der Waals surface area contributed by atoms with E-state index in [9.17, 15) is 24.5 Å². The quantitative estimate of drug-likeness (QED) is 0.225. The molecule has 0 spiro atoms. The molecule has 158 valence electrons. The number of nitrogens with zero attached hydrogens (tertiary/aromatic N) is 4. The van der Waals surface area contributed by atoms with Crippen molar-refractivity contribution in [3.63, 3.8) is 0 Å². The SMILES string of the molecule is NC(=N/N=C\c1ccccc1[N+](=O)[O-])S[C@@H]1CC(=O)N(c2ccc(C(=O)O)cc2)C1=O. The number of carboxylic acids is 1. The van der Waals surface area contributed by atoms with Crippen LogP contribution in [0.25, 0.3) is 0 Å². The molecule has 1 fully saturated rings. The predicted octanol–water partition coefficient (Wildman–Crippen LogP) is 2.01. The minimum absolute atomic E-state index is 0.0293. The normalized spacial score (nSPS) is 16.8. The van der Waals surface area contributed by atoms with Gasteiger partial charge in [0, 0.05) is 12.5 Å². The largest absolute Gasteiger partial charge is 0.478 e. The minimum Gasteiger partial charge on any atom is -0.478 e. The van der Waals surface area contributed by atoms with Crippen LogP contribution < -0.4 is 10.6 Å². The summed E-state index contributed by atoms with van der Waals surface area (Å²) in [6.07, 6.45) is 1.05. The number of para-hydroxylation sites is 1. The standard InChI is InChI=1S/C19H15N5O6S/c20-19(22-21-10-12-3-1-2-4-14(12)24(29)30)31-15-9-16(25)23(17(15)26)13-7-5-11(6-8-13)18(27)28/h1-8,10,15H,9H2,(H2,20,22)(H,27,28)/b21-10-/t15-/m1/s1. The lowest BCUT2D eigenvalue weighted by atomic mass is 10.2. The van der Waals surface area contributed by atoms with Crippen molar-refractivity contribution in [2.75, 3.05) is 4.90 Å². The number of rotatable bonds is 6. The van der Waals surface area contributed by atoms with E-state index < -0.39 is 28.0 Å². The van der Waals surface area contributed by atoms with Gasteiger partial charge in [0.15, 0.2) is 5.17 Å². The molecule has 1 aliphatic heterocycles. The second kappa shape index (κ2) is 9.17. The van der Waals surface area contributed by atoms with Crippen molar-refractivity contribution in [3.8, 4) is 0 Å². The molecule has 0 saturated carbocycles. The van der Waals surface area contributed by atoms with Gasteiger partial charge in [0.05, 0.1) is 28.0 Å². The van der Waals surface area contributed by atoms with Gasteiger partial charge in [0.25, 0.3) is 5.69 Å². The van der Waals surface area contributed by atoms with Crippen LogP contribution in [0.5, 0.6) is 0 Å². The highest BCUT2D eigenvalue weighted by atomic mass is 32.2. The number of carbonyl (C=O) groups excluding carboxylic acids is 2. The van der Waals surface area contributed by atoms with Crippen LogP contribution in [0, 0.1) is 10.1 Å². The van der Waals surface area contributed by atoms with Crippen molar-refractivity contribution >= 4 is 52.3 Å². The zero-order chi connectivity index (χ0) is 22.5. The van der Waals surface area contributed by atoms with Crippen LogP contribution in [-0.4, -0.2) is 44.4 Å². The van der Waals surface area contributed by atoms with Gasteiger partial charge in [0.2, 0.25) is 11.8 Å². The fraction of sp³-hybridized carbons (Fsp3) is 0.105. The van der Waals surface area contributed by atoms with Crippen LogP contribution in [0.2, 0.25) is 0 Å². The van der Waals surface area contributed by atoms with E-state index in [1.165, 1.54) is 48.7 Å². The number of benzene rings is 2. The summed E-state index contributed by atoms with van der Waals surface area (Å²) in [4.78, 5) is 47.3. The molecule has 0 bridgehead atoms. The average molecular weight is 441 g/mol. The van der Waals surface area contributed by atoms with Crippen LogP contribution >= 0.6 is 11.8 Å². The molecule has 0 aliphatic carbocycles. The second-order valence-corrected chi connectivity index (χ2v) is 7.45. The first-order valence-corrected chi connectivity index (χ1v) is 9.62. The molecule has 1 saturated heterocycles. The Morgan fingerprint density at radius 2 is 1.90 bits per heavy atom. The first-order chi connectivity index (χ1) is 14.8. The number of aromatic carboxylic acids is 1. The van der Waals surface area contributed by atoms with Crippen LogP contribution in [-0.2, 0) is 9.59 Å². The number of hydrogen-bond donors (Lipinski definition) is 2. The first-order valence-electron chi connectivity index (χ1n) is 8.74. The maximum atomic E-state index is 12.6. The number of hydrogen-bond acceptors (Lipinski definition) is 8. The number of carbonyl (C=O) groups is 3. The topological polar surface area (TPSA) is 169 Å². The van der Waals surface area contributed by atoms with Crippen molar-refractivity contribution in [2.45, 2.75) is 11.7 Å². The number of nitro groups is 1. The summed E-state index contributed by atoms with van der Waals surface area (Å²) in [6.45, 7) is 0. The number of amides is 2. The number of amidine groups is 1. The van der Waals surface area contributed by atoms with E-state index in [0.29, 0.717) is 0 Å². The van der Waals surface area contributed by atoms with Crippen LogP contribution in [0.15, 0.2) is 58.7 Å². The summed E-state index contributed by atoms with van der Waals surface area (Å²) in [5, 5.41) is 26.5. The van der Waals surface area contributed by atoms with E-state index in [1.54, 1.807) is 6.07 Å². The van der Waals surface area contributed by atoms with Gasteiger partial charge in [-0.15, -0.1) is 5.10 Å². The monoisotopic (exact) mass is 441 g/mol. The molecule has 31 heavy (non-hydrogen) atoms. The lowest BCUT2D eigenvalue weighted by molar-refractivity contribution is -0.385. The number of thioether (sulfide) groups is 1. The smallest absolute Gasteiger partial charge is 0.335 e.